The van der Waals surface area contributed by atoms with Crippen molar-refractivity contribution in [1.29, 1.82) is 0 Å². The first-order valence-electron chi connectivity index (χ1n) is 7.16. The zero-order chi connectivity index (χ0) is 14.4. The zero-order valence-corrected chi connectivity index (χ0v) is 11.8. The zero-order valence-electron chi connectivity index (χ0n) is 11.8. The minimum Gasteiger partial charge on any atom is -0.378 e. The number of halogens is 1. The molecule has 0 bridgehead atoms. The van der Waals surface area contributed by atoms with E-state index in [0.717, 1.165) is 40.5 Å². The van der Waals surface area contributed by atoms with E-state index in [-0.39, 0.29) is 5.82 Å². The number of hydrogen-bond donors (Lipinski definition) is 2. The summed E-state index contributed by atoms with van der Waals surface area (Å²) < 4.78 is 13.8. The third kappa shape index (κ3) is 2.12. The van der Waals surface area contributed by atoms with Gasteiger partial charge in [0.25, 0.3) is 0 Å². The first-order valence-corrected chi connectivity index (χ1v) is 7.16. The second-order valence-electron chi connectivity index (χ2n) is 5.68. The topological polar surface area (TPSA) is 36.4 Å². The number of fused-ring (bicyclic) bond motifs is 1. The fourth-order valence-electron chi connectivity index (χ4n) is 2.63. The number of hydrogen-bond acceptors (Lipinski definition) is 3. The molecule has 2 aliphatic rings. The third-order valence-electron chi connectivity index (χ3n) is 4.12. The number of nitrogens with one attached hydrogen (secondary N) is 2. The van der Waals surface area contributed by atoms with Crippen molar-refractivity contribution in [2.45, 2.75) is 13.0 Å². The van der Waals surface area contributed by atoms with Gasteiger partial charge in [0.15, 0.2) is 0 Å². The van der Waals surface area contributed by atoms with Crippen LogP contribution in [0.2, 0.25) is 0 Å². The molecule has 0 aliphatic carbocycles. The van der Waals surface area contributed by atoms with E-state index >= 15 is 0 Å². The van der Waals surface area contributed by atoms with E-state index in [1.165, 1.54) is 0 Å². The van der Waals surface area contributed by atoms with Gasteiger partial charge in [0.2, 0.25) is 0 Å². The predicted molar refractivity (Wildman–Crippen MR) is 82.1 cm³/mol. The molecule has 21 heavy (non-hydrogen) atoms. The van der Waals surface area contributed by atoms with Crippen LogP contribution in [0.15, 0.2) is 35.3 Å². The van der Waals surface area contributed by atoms with Gasteiger partial charge in [-0.3, -0.25) is 4.99 Å². The standard InChI is InChI=1S/C17H16FN3/c1-10-2-3-11(5-15(10)18)12-4-13-7-20-17(13)16(6-12)21-14-8-19-9-14/h2-7,14,19,21H,8-9H2,1H3. The molecule has 106 valence electrons. The molecule has 0 saturated carbocycles. The SMILES string of the molecule is Cc1ccc(-c2cc(NC3CNC3)c3c(c2)=CN=3)cc1F. The molecule has 3 nitrogen and oxygen atoms in total. The summed E-state index contributed by atoms with van der Waals surface area (Å²) in [5, 5.41) is 8.87. The highest BCUT2D eigenvalue weighted by molar-refractivity contribution is 5.70. The van der Waals surface area contributed by atoms with Crippen molar-refractivity contribution in [2.75, 3.05) is 18.4 Å². The molecule has 0 unspecified atom stereocenters. The Kier molecular flexibility index (Phi) is 2.79. The van der Waals surface area contributed by atoms with Crippen LogP contribution >= 0.6 is 0 Å². The van der Waals surface area contributed by atoms with Gasteiger partial charge in [-0.2, -0.15) is 0 Å². The summed E-state index contributed by atoms with van der Waals surface area (Å²) in [6, 6.07) is 9.97. The van der Waals surface area contributed by atoms with Gasteiger partial charge < -0.3 is 10.6 Å². The molecule has 2 aromatic rings. The normalized spacial score (nSPS) is 16.1. The Morgan fingerprint density at radius 2 is 2.05 bits per heavy atom. The summed E-state index contributed by atoms with van der Waals surface area (Å²) in [7, 11) is 0. The molecule has 2 aliphatic heterocycles. The van der Waals surface area contributed by atoms with Crippen molar-refractivity contribution in [3.63, 3.8) is 0 Å². The first-order chi connectivity index (χ1) is 10.2. The summed E-state index contributed by atoms with van der Waals surface area (Å²) in [5.74, 6) is -0.165. The Bertz CT molecular complexity index is 838. The molecule has 4 rings (SSSR count). The van der Waals surface area contributed by atoms with Crippen LogP contribution in [0.4, 0.5) is 10.1 Å². The van der Waals surface area contributed by atoms with Crippen LogP contribution in [0.1, 0.15) is 5.56 Å². The van der Waals surface area contributed by atoms with E-state index in [9.17, 15) is 4.39 Å². The van der Waals surface area contributed by atoms with Gasteiger partial charge in [-0.05, 0) is 41.8 Å². The second-order valence-corrected chi connectivity index (χ2v) is 5.68. The number of rotatable bonds is 3. The van der Waals surface area contributed by atoms with Gasteiger partial charge in [-0.1, -0.05) is 12.1 Å². The maximum absolute atomic E-state index is 13.8. The Balaban J connectivity index is 1.77. The van der Waals surface area contributed by atoms with Crippen LogP contribution in [0.3, 0.4) is 0 Å². The van der Waals surface area contributed by atoms with Gasteiger partial charge in [0, 0.05) is 24.5 Å². The maximum Gasteiger partial charge on any atom is 0.126 e. The van der Waals surface area contributed by atoms with Crippen molar-refractivity contribution >= 4 is 11.9 Å². The summed E-state index contributed by atoms with van der Waals surface area (Å²) in [4.78, 5) is 4.33. The highest BCUT2D eigenvalue weighted by Crippen LogP contribution is 2.23. The fourth-order valence-corrected chi connectivity index (χ4v) is 2.63. The lowest BCUT2D eigenvalue weighted by Gasteiger charge is -2.29. The average molecular weight is 281 g/mol. The molecule has 0 atom stereocenters. The lowest BCUT2D eigenvalue weighted by Crippen LogP contribution is -2.52. The highest BCUT2D eigenvalue weighted by atomic mass is 19.1. The van der Waals surface area contributed by atoms with Crippen LogP contribution in [-0.2, 0) is 0 Å². The summed E-state index contributed by atoms with van der Waals surface area (Å²) in [6.07, 6.45) is 1.85. The van der Waals surface area contributed by atoms with Crippen molar-refractivity contribution in [3.8, 4) is 11.1 Å². The highest BCUT2D eigenvalue weighted by Gasteiger charge is 2.18. The Labute approximate surface area is 122 Å². The average Bonchev–Trinajstić information content (AvgIpc) is 2.39. The third-order valence-corrected chi connectivity index (χ3v) is 4.12. The van der Waals surface area contributed by atoms with E-state index in [4.69, 9.17) is 0 Å². The molecule has 1 saturated heterocycles. The van der Waals surface area contributed by atoms with Crippen molar-refractivity contribution < 1.29 is 4.39 Å². The molecule has 0 amide bonds. The molecule has 4 heteroatoms. The lowest BCUT2D eigenvalue weighted by molar-refractivity contribution is 0.472. The molecular weight excluding hydrogens is 265 g/mol. The monoisotopic (exact) mass is 281 g/mol. The van der Waals surface area contributed by atoms with Gasteiger partial charge in [0.1, 0.15) is 5.82 Å². The Morgan fingerprint density at radius 3 is 2.67 bits per heavy atom. The summed E-state index contributed by atoms with van der Waals surface area (Å²) >= 11 is 0. The molecule has 2 N–H and O–H groups in total. The number of anilines is 1. The summed E-state index contributed by atoms with van der Waals surface area (Å²) in [5.41, 5.74) is 3.63. The Morgan fingerprint density at radius 1 is 1.19 bits per heavy atom. The maximum atomic E-state index is 13.8. The van der Waals surface area contributed by atoms with Crippen LogP contribution < -0.4 is 21.2 Å². The van der Waals surface area contributed by atoms with Crippen LogP contribution in [0.5, 0.6) is 0 Å². The molecule has 1 fully saturated rings. The van der Waals surface area contributed by atoms with Crippen molar-refractivity contribution in [2.24, 2.45) is 4.99 Å². The first kappa shape index (κ1) is 12.5. The van der Waals surface area contributed by atoms with E-state index in [1.54, 1.807) is 13.0 Å². The van der Waals surface area contributed by atoms with E-state index in [2.05, 4.69) is 27.8 Å². The van der Waals surface area contributed by atoms with Gasteiger partial charge in [-0.15, -0.1) is 0 Å². The predicted octanol–water partition coefficient (Wildman–Crippen LogP) is 1.56. The molecule has 0 radical (unpaired) electrons. The number of benzene rings is 2. The molecular formula is C17H16FN3. The van der Waals surface area contributed by atoms with Crippen LogP contribution in [0.25, 0.3) is 17.3 Å². The molecule has 2 heterocycles. The van der Waals surface area contributed by atoms with Crippen LogP contribution in [-0.4, -0.2) is 19.1 Å². The molecule has 0 aromatic heterocycles. The number of nitrogens with zero attached hydrogens (tertiary/aromatic N) is 1. The fraction of sp³-hybridized carbons (Fsp3) is 0.235. The van der Waals surface area contributed by atoms with E-state index < -0.39 is 0 Å². The van der Waals surface area contributed by atoms with E-state index in [1.807, 2.05) is 18.3 Å². The van der Waals surface area contributed by atoms with Crippen molar-refractivity contribution in [1.82, 2.24) is 5.32 Å². The van der Waals surface area contributed by atoms with Crippen LogP contribution in [0, 0.1) is 12.7 Å². The van der Waals surface area contributed by atoms with Crippen molar-refractivity contribution in [3.05, 3.63) is 52.3 Å². The molecule has 2 aromatic carbocycles. The number of aryl methyl sites for hydroxylation is 1. The minimum atomic E-state index is -0.165. The quantitative estimate of drug-likeness (QED) is 0.895. The smallest absolute Gasteiger partial charge is 0.126 e. The van der Waals surface area contributed by atoms with Gasteiger partial charge in [0.05, 0.1) is 17.1 Å². The Hall–Kier alpha value is -2.20. The van der Waals surface area contributed by atoms with Gasteiger partial charge >= 0.3 is 0 Å². The second kappa shape index (κ2) is 4.67. The summed E-state index contributed by atoms with van der Waals surface area (Å²) in [6.45, 7) is 3.73. The largest absolute Gasteiger partial charge is 0.378 e. The lowest BCUT2D eigenvalue weighted by atomic mass is 10.0. The molecule has 0 spiro atoms. The van der Waals surface area contributed by atoms with E-state index in [0.29, 0.717) is 11.6 Å². The minimum absolute atomic E-state index is 0.165. The van der Waals surface area contributed by atoms with Gasteiger partial charge in [-0.25, -0.2) is 4.39 Å².